The van der Waals surface area contributed by atoms with Gasteiger partial charge in [-0.2, -0.15) is 0 Å². The molecule has 6 heteroatoms. The van der Waals surface area contributed by atoms with Crippen LogP contribution in [0.25, 0.3) is 10.9 Å². The summed E-state index contributed by atoms with van der Waals surface area (Å²) in [5.41, 5.74) is 3.71. The summed E-state index contributed by atoms with van der Waals surface area (Å²) in [4.78, 5) is 22.1. The van der Waals surface area contributed by atoms with Crippen LogP contribution in [0.4, 0.5) is 0 Å². The quantitative estimate of drug-likeness (QED) is 0.598. The molecule has 0 aliphatic heterocycles. The topological polar surface area (TPSA) is 61.0 Å². The molecule has 0 atom stereocenters. The van der Waals surface area contributed by atoms with Gasteiger partial charge in [-0.1, -0.05) is 37.5 Å². The lowest BCUT2D eigenvalue weighted by atomic mass is 9.96. The maximum absolute atomic E-state index is 12.8. The number of pyridine rings is 2. The van der Waals surface area contributed by atoms with Crippen molar-refractivity contribution in [2.24, 2.45) is 0 Å². The molecule has 0 unspecified atom stereocenters. The first-order chi connectivity index (χ1) is 14.6. The van der Waals surface area contributed by atoms with Crippen LogP contribution in [-0.4, -0.2) is 26.0 Å². The molecular formula is C24H28N4OS. The monoisotopic (exact) mass is 420 g/mol. The molecule has 2 aromatic heterocycles. The molecule has 5 nitrogen and oxygen atoms in total. The number of nitrogens with zero attached hydrogens (tertiary/aromatic N) is 2. The highest BCUT2D eigenvalue weighted by atomic mass is 32.1. The molecule has 0 bridgehead atoms. The van der Waals surface area contributed by atoms with Crippen molar-refractivity contribution in [2.45, 2.75) is 58.2 Å². The SMILES string of the molecule is Cc1ccc2cc(CN(Cc3cccnc3)C(=S)NC3CCCCC3)c(=O)[nH]c2c1. The molecule has 4 rings (SSSR count). The van der Waals surface area contributed by atoms with E-state index in [1.54, 1.807) is 6.20 Å². The summed E-state index contributed by atoms with van der Waals surface area (Å²) in [7, 11) is 0. The van der Waals surface area contributed by atoms with E-state index < -0.39 is 0 Å². The van der Waals surface area contributed by atoms with Crippen LogP contribution in [0.15, 0.2) is 53.6 Å². The Morgan fingerprint density at radius 3 is 2.80 bits per heavy atom. The molecule has 1 aromatic carbocycles. The number of hydrogen-bond donors (Lipinski definition) is 2. The average molecular weight is 421 g/mol. The van der Waals surface area contributed by atoms with Gasteiger partial charge in [0, 0.05) is 36.1 Å². The Labute approximate surface area is 182 Å². The van der Waals surface area contributed by atoms with E-state index in [-0.39, 0.29) is 5.56 Å². The minimum Gasteiger partial charge on any atom is -0.360 e. The predicted octanol–water partition coefficient (Wildman–Crippen LogP) is 4.44. The maximum Gasteiger partial charge on any atom is 0.253 e. The first-order valence-corrected chi connectivity index (χ1v) is 11.1. The van der Waals surface area contributed by atoms with Gasteiger partial charge < -0.3 is 15.2 Å². The molecule has 0 saturated heterocycles. The fourth-order valence-corrected chi connectivity index (χ4v) is 4.40. The van der Waals surface area contributed by atoms with Crippen LogP contribution in [0.2, 0.25) is 0 Å². The van der Waals surface area contributed by atoms with Gasteiger partial charge in [-0.15, -0.1) is 0 Å². The number of aromatic amines is 1. The summed E-state index contributed by atoms with van der Waals surface area (Å²) in [6, 6.07) is 12.5. The minimum atomic E-state index is -0.0650. The number of H-pyrrole nitrogens is 1. The molecule has 2 N–H and O–H groups in total. The van der Waals surface area contributed by atoms with E-state index in [1.807, 2.05) is 43.5 Å². The van der Waals surface area contributed by atoms with Crippen LogP contribution in [0, 0.1) is 6.92 Å². The zero-order chi connectivity index (χ0) is 20.9. The van der Waals surface area contributed by atoms with Gasteiger partial charge in [0.2, 0.25) is 0 Å². The van der Waals surface area contributed by atoms with Crippen LogP contribution in [0.3, 0.4) is 0 Å². The maximum atomic E-state index is 12.8. The molecule has 2 heterocycles. The standard InChI is InChI=1S/C24H28N4OS/c1-17-9-10-19-13-20(23(29)27-22(19)12-17)16-28(15-18-6-5-11-25-14-18)24(30)26-21-7-3-2-4-8-21/h5-6,9-14,21H,2-4,7-8,15-16H2,1H3,(H,26,30)(H,27,29). The van der Waals surface area contributed by atoms with Gasteiger partial charge in [0.1, 0.15) is 0 Å². The number of rotatable bonds is 5. The van der Waals surface area contributed by atoms with Crippen LogP contribution >= 0.6 is 12.2 Å². The molecule has 30 heavy (non-hydrogen) atoms. The Balaban J connectivity index is 1.59. The molecule has 0 amide bonds. The van der Waals surface area contributed by atoms with Crippen molar-refractivity contribution in [1.29, 1.82) is 0 Å². The smallest absolute Gasteiger partial charge is 0.253 e. The van der Waals surface area contributed by atoms with Crippen molar-refractivity contribution in [3.8, 4) is 0 Å². The van der Waals surface area contributed by atoms with Crippen LogP contribution < -0.4 is 10.9 Å². The first kappa shape index (κ1) is 20.5. The summed E-state index contributed by atoms with van der Waals surface area (Å²) < 4.78 is 0. The Hall–Kier alpha value is -2.73. The highest BCUT2D eigenvalue weighted by molar-refractivity contribution is 7.80. The number of thiocarbonyl (C=S) groups is 1. The van der Waals surface area contributed by atoms with Gasteiger partial charge in [0.15, 0.2) is 5.11 Å². The highest BCUT2D eigenvalue weighted by Crippen LogP contribution is 2.19. The van der Waals surface area contributed by atoms with Crippen molar-refractivity contribution >= 4 is 28.2 Å². The van der Waals surface area contributed by atoms with Crippen molar-refractivity contribution in [3.05, 3.63) is 75.8 Å². The fourth-order valence-electron chi connectivity index (χ4n) is 4.11. The Kier molecular flexibility index (Phi) is 6.43. The Morgan fingerprint density at radius 2 is 2.03 bits per heavy atom. The lowest BCUT2D eigenvalue weighted by molar-refractivity contribution is 0.362. The van der Waals surface area contributed by atoms with Gasteiger partial charge in [-0.25, -0.2) is 0 Å². The largest absolute Gasteiger partial charge is 0.360 e. The van der Waals surface area contributed by atoms with Crippen molar-refractivity contribution in [2.75, 3.05) is 0 Å². The van der Waals surface area contributed by atoms with Gasteiger partial charge >= 0.3 is 0 Å². The van der Waals surface area contributed by atoms with Crippen LogP contribution in [0.1, 0.15) is 48.8 Å². The second kappa shape index (κ2) is 9.39. The van der Waals surface area contributed by atoms with E-state index in [0.717, 1.165) is 34.9 Å². The van der Waals surface area contributed by atoms with Gasteiger partial charge in [0.05, 0.1) is 6.54 Å². The minimum absolute atomic E-state index is 0.0650. The molecule has 0 spiro atoms. The Bertz CT molecular complexity index is 1070. The van der Waals surface area contributed by atoms with Crippen LogP contribution in [-0.2, 0) is 13.1 Å². The van der Waals surface area contributed by atoms with E-state index >= 15 is 0 Å². The lowest BCUT2D eigenvalue weighted by Crippen LogP contribution is -2.45. The fraction of sp³-hybridized carbons (Fsp3) is 0.375. The third-order valence-corrected chi connectivity index (χ3v) is 6.13. The third-order valence-electron chi connectivity index (χ3n) is 5.76. The number of aromatic nitrogens is 2. The lowest BCUT2D eigenvalue weighted by Gasteiger charge is -2.31. The highest BCUT2D eigenvalue weighted by Gasteiger charge is 2.19. The molecule has 1 aliphatic carbocycles. The van der Waals surface area contributed by atoms with E-state index in [1.165, 1.54) is 19.3 Å². The normalized spacial score (nSPS) is 14.6. The molecule has 1 saturated carbocycles. The van der Waals surface area contributed by atoms with E-state index in [2.05, 4.69) is 26.3 Å². The molecule has 156 valence electrons. The van der Waals surface area contributed by atoms with E-state index in [9.17, 15) is 4.79 Å². The summed E-state index contributed by atoms with van der Waals surface area (Å²) in [6.07, 6.45) is 9.70. The number of hydrogen-bond acceptors (Lipinski definition) is 3. The number of nitrogens with one attached hydrogen (secondary N) is 2. The predicted molar refractivity (Wildman–Crippen MR) is 125 cm³/mol. The second-order valence-corrected chi connectivity index (χ2v) is 8.60. The molecule has 3 aromatic rings. The molecule has 1 aliphatic rings. The first-order valence-electron chi connectivity index (χ1n) is 10.7. The van der Waals surface area contributed by atoms with Crippen molar-refractivity contribution in [1.82, 2.24) is 20.2 Å². The van der Waals surface area contributed by atoms with Gasteiger partial charge in [-0.3, -0.25) is 9.78 Å². The van der Waals surface area contributed by atoms with Gasteiger partial charge in [0.25, 0.3) is 5.56 Å². The average Bonchev–Trinajstić information content (AvgIpc) is 2.75. The number of aryl methyl sites for hydroxylation is 1. The number of fused-ring (bicyclic) bond motifs is 1. The van der Waals surface area contributed by atoms with E-state index in [0.29, 0.717) is 29.8 Å². The zero-order valence-corrected chi connectivity index (χ0v) is 18.2. The zero-order valence-electron chi connectivity index (χ0n) is 17.4. The van der Waals surface area contributed by atoms with Crippen molar-refractivity contribution < 1.29 is 0 Å². The van der Waals surface area contributed by atoms with E-state index in [4.69, 9.17) is 12.2 Å². The summed E-state index contributed by atoms with van der Waals surface area (Å²) in [5.74, 6) is 0. The second-order valence-electron chi connectivity index (χ2n) is 8.22. The summed E-state index contributed by atoms with van der Waals surface area (Å²) >= 11 is 5.79. The third kappa shape index (κ3) is 5.05. The molecular weight excluding hydrogens is 392 g/mol. The van der Waals surface area contributed by atoms with Crippen molar-refractivity contribution in [3.63, 3.8) is 0 Å². The molecule has 1 fully saturated rings. The van der Waals surface area contributed by atoms with Crippen LogP contribution in [0.5, 0.6) is 0 Å². The molecule has 0 radical (unpaired) electrons. The summed E-state index contributed by atoms with van der Waals surface area (Å²) in [5, 5.41) is 5.28. The van der Waals surface area contributed by atoms with Gasteiger partial charge in [-0.05, 0) is 66.7 Å². The summed E-state index contributed by atoms with van der Waals surface area (Å²) in [6.45, 7) is 3.08. The Morgan fingerprint density at radius 1 is 1.20 bits per heavy atom. The number of benzene rings is 1.